The van der Waals surface area contributed by atoms with E-state index >= 15 is 0 Å². The van der Waals surface area contributed by atoms with Crippen molar-refractivity contribution in [3.05, 3.63) is 34.9 Å². The lowest BCUT2D eigenvalue weighted by molar-refractivity contribution is -0.133. The second-order valence-corrected chi connectivity index (χ2v) is 9.71. The van der Waals surface area contributed by atoms with E-state index in [9.17, 15) is 4.79 Å². The van der Waals surface area contributed by atoms with E-state index in [2.05, 4.69) is 11.0 Å². The van der Waals surface area contributed by atoms with E-state index in [0.29, 0.717) is 5.92 Å². The average molecular weight is 406 g/mol. The zero-order valence-electron chi connectivity index (χ0n) is 15.7. The lowest BCUT2D eigenvalue weighted by Crippen LogP contribution is -2.51. The van der Waals surface area contributed by atoms with Crippen molar-refractivity contribution in [3.63, 3.8) is 0 Å². The molecule has 1 N–H and O–H groups in total. The Hall–Kier alpha value is -1.20. The quantitative estimate of drug-likeness (QED) is 0.588. The zero-order chi connectivity index (χ0) is 18.8. The monoisotopic (exact) mass is 405 g/mol. The lowest BCUT2D eigenvalue weighted by Gasteiger charge is -2.36. The molecule has 3 fully saturated rings. The zero-order valence-corrected chi connectivity index (χ0v) is 17.3. The second-order valence-electron chi connectivity index (χ2n) is 7.98. The summed E-state index contributed by atoms with van der Waals surface area (Å²) in [5.74, 6) is 2.29. The third kappa shape index (κ3) is 4.62. The molecule has 0 aromatic heterocycles. The molecule has 1 heterocycles. The summed E-state index contributed by atoms with van der Waals surface area (Å²) in [6, 6.07) is 7.90. The smallest absolute Gasteiger partial charge is 0.226 e. The van der Waals surface area contributed by atoms with Gasteiger partial charge in [-0.3, -0.25) is 10.2 Å². The number of piperazine rings is 1. The summed E-state index contributed by atoms with van der Waals surface area (Å²) < 4.78 is 0. The van der Waals surface area contributed by atoms with Crippen LogP contribution in [-0.4, -0.2) is 58.7 Å². The number of carbonyl (C=O) groups is 1. The summed E-state index contributed by atoms with van der Waals surface area (Å²) in [6.45, 7) is 3.08. The number of thioether (sulfide) groups is 1. The van der Waals surface area contributed by atoms with E-state index in [1.165, 1.54) is 31.2 Å². The molecular formula is C21H28ClN3OS. The third-order valence-corrected chi connectivity index (χ3v) is 7.73. The molecule has 2 atom stereocenters. The van der Waals surface area contributed by atoms with Crippen LogP contribution in [0, 0.1) is 11.3 Å². The van der Waals surface area contributed by atoms with E-state index < -0.39 is 0 Å². The molecule has 0 spiro atoms. The first-order valence-corrected chi connectivity index (χ1v) is 11.5. The third-order valence-electron chi connectivity index (χ3n) is 6.12. The van der Waals surface area contributed by atoms with Crippen LogP contribution < -0.4 is 0 Å². The summed E-state index contributed by atoms with van der Waals surface area (Å²) in [5, 5.41) is 9.87. The molecule has 1 aliphatic heterocycles. The molecule has 1 saturated heterocycles. The molecule has 0 radical (unpaired) electrons. The molecular weight excluding hydrogens is 378 g/mol. The van der Waals surface area contributed by atoms with Gasteiger partial charge in [0.25, 0.3) is 0 Å². The van der Waals surface area contributed by atoms with Gasteiger partial charge in [0, 0.05) is 42.4 Å². The fourth-order valence-electron chi connectivity index (χ4n) is 4.35. The number of nitrogens with one attached hydrogen (secondary N) is 1. The first kappa shape index (κ1) is 19.1. The SMILES string of the molecule is N=C(CSC1CCCC1)N1CCN(C(=O)[C@H]2C[C@@H]2c2cccc(Cl)c2)CC1. The fraction of sp³-hybridized carbons (Fsp3) is 0.619. The van der Waals surface area contributed by atoms with Crippen LogP contribution in [0.5, 0.6) is 0 Å². The van der Waals surface area contributed by atoms with Crippen LogP contribution in [0.2, 0.25) is 5.02 Å². The summed E-state index contributed by atoms with van der Waals surface area (Å²) in [7, 11) is 0. The van der Waals surface area contributed by atoms with Crippen molar-refractivity contribution in [2.24, 2.45) is 5.92 Å². The van der Waals surface area contributed by atoms with Crippen LogP contribution >= 0.6 is 23.4 Å². The van der Waals surface area contributed by atoms with Crippen LogP contribution in [0.4, 0.5) is 0 Å². The van der Waals surface area contributed by atoms with Crippen molar-refractivity contribution in [2.45, 2.75) is 43.3 Å². The van der Waals surface area contributed by atoms with Gasteiger partial charge in [-0.05, 0) is 42.9 Å². The molecule has 0 bridgehead atoms. The van der Waals surface area contributed by atoms with Gasteiger partial charge in [-0.25, -0.2) is 0 Å². The van der Waals surface area contributed by atoms with Gasteiger partial charge in [0.2, 0.25) is 5.91 Å². The van der Waals surface area contributed by atoms with Crippen molar-refractivity contribution in [1.29, 1.82) is 5.41 Å². The van der Waals surface area contributed by atoms with Gasteiger partial charge in [0.1, 0.15) is 5.84 Å². The highest BCUT2D eigenvalue weighted by atomic mass is 35.5. The number of nitrogens with zero attached hydrogens (tertiary/aromatic N) is 2. The van der Waals surface area contributed by atoms with E-state index in [0.717, 1.165) is 54.5 Å². The molecule has 1 amide bonds. The molecule has 4 rings (SSSR count). The van der Waals surface area contributed by atoms with Gasteiger partial charge in [-0.2, -0.15) is 11.8 Å². The summed E-state index contributed by atoms with van der Waals surface area (Å²) in [5.41, 5.74) is 1.19. The number of amidine groups is 1. The van der Waals surface area contributed by atoms with Crippen LogP contribution in [-0.2, 0) is 4.79 Å². The average Bonchev–Trinajstić information content (AvgIpc) is 3.32. The first-order valence-electron chi connectivity index (χ1n) is 10.1. The van der Waals surface area contributed by atoms with Gasteiger partial charge in [0.05, 0.1) is 5.75 Å². The van der Waals surface area contributed by atoms with Crippen LogP contribution in [0.25, 0.3) is 0 Å². The van der Waals surface area contributed by atoms with Gasteiger partial charge < -0.3 is 9.80 Å². The Morgan fingerprint density at radius 3 is 2.56 bits per heavy atom. The van der Waals surface area contributed by atoms with E-state index in [-0.39, 0.29) is 11.8 Å². The highest BCUT2D eigenvalue weighted by molar-refractivity contribution is 8.00. The van der Waals surface area contributed by atoms with Gasteiger partial charge in [-0.1, -0.05) is 36.6 Å². The Balaban J connectivity index is 1.22. The van der Waals surface area contributed by atoms with Crippen molar-refractivity contribution in [3.8, 4) is 0 Å². The number of amides is 1. The maximum atomic E-state index is 12.8. The van der Waals surface area contributed by atoms with Crippen LogP contribution in [0.1, 0.15) is 43.6 Å². The number of hydrogen-bond acceptors (Lipinski definition) is 3. The van der Waals surface area contributed by atoms with Gasteiger partial charge in [0.15, 0.2) is 0 Å². The predicted molar refractivity (Wildman–Crippen MR) is 113 cm³/mol. The highest BCUT2D eigenvalue weighted by Gasteiger charge is 2.46. The minimum absolute atomic E-state index is 0.118. The van der Waals surface area contributed by atoms with E-state index in [1.807, 2.05) is 34.9 Å². The summed E-state index contributed by atoms with van der Waals surface area (Å²) >= 11 is 8.03. The highest BCUT2D eigenvalue weighted by Crippen LogP contribution is 2.48. The minimum atomic E-state index is 0.118. The molecule has 2 saturated carbocycles. The second kappa shape index (κ2) is 8.44. The van der Waals surface area contributed by atoms with E-state index in [1.54, 1.807) is 0 Å². The first-order chi connectivity index (χ1) is 13.1. The lowest BCUT2D eigenvalue weighted by atomic mass is 10.1. The maximum Gasteiger partial charge on any atom is 0.226 e. The van der Waals surface area contributed by atoms with Crippen LogP contribution in [0.3, 0.4) is 0 Å². The Bertz CT molecular complexity index is 698. The molecule has 4 nitrogen and oxygen atoms in total. The summed E-state index contributed by atoms with van der Waals surface area (Å²) in [4.78, 5) is 17.0. The van der Waals surface area contributed by atoms with Crippen molar-refractivity contribution < 1.29 is 4.79 Å². The summed E-state index contributed by atoms with van der Waals surface area (Å²) in [6.07, 6.45) is 6.27. The maximum absolute atomic E-state index is 12.8. The molecule has 1 aromatic rings. The van der Waals surface area contributed by atoms with Gasteiger partial charge in [-0.15, -0.1) is 0 Å². The number of halogens is 1. The van der Waals surface area contributed by atoms with Crippen LogP contribution in [0.15, 0.2) is 24.3 Å². The fourth-order valence-corrected chi connectivity index (χ4v) is 5.79. The van der Waals surface area contributed by atoms with Gasteiger partial charge >= 0.3 is 0 Å². The molecule has 2 aliphatic carbocycles. The molecule has 1 aromatic carbocycles. The number of benzene rings is 1. The molecule has 0 unspecified atom stereocenters. The van der Waals surface area contributed by atoms with Crippen molar-refractivity contribution in [2.75, 3.05) is 31.9 Å². The molecule has 27 heavy (non-hydrogen) atoms. The largest absolute Gasteiger partial charge is 0.356 e. The minimum Gasteiger partial charge on any atom is -0.356 e. The Labute approximate surface area is 171 Å². The Morgan fingerprint density at radius 1 is 1.15 bits per heavy atom. The van der Waals surface area contributed by atoms with Crippen molar-refractivity contribution in [1.82, 2.24) is 9.80 Å². The Morgan fingerprint density at radius 2 is 1.85 bits per heavy atom. The predicted octanol–water partition coefficient (Wildman–Crippen LogP) is 4.24. The molecule has 3 aliphatic rings. The van der Waals surface area contributed by atoms with Crippen molar-refractivity contribution >= 4 is 35.1 Å². The molecule has 146 valence electrons. The Kier molecular flexibility index (Phi) is 5.98. The normalized spacial score (nSPS) is 25.7. The standard InChI is InChI=1S/C21H28ClN3OS/c22-16-5-3-4-15(12-16)18-13-19(18)21(26)25-10-8-24(9-11-25)20(23)14-27-17-6-1-2-7-17/h3-5,12,17-19,23H,1-2,6-11,13-14H2/t18-,19+/m1/s1. The van der Waals surface area contributed by atoms with E-state index in [4.69, 9.17) is 17.0 Å². The number of carbonyl (C=O) groups excluding carboxylic acids is 1. The molecule has 6 heteroatoms. The number of rotatable bonds is 5. The topological polar surface area (TPSA) is 47.4 Å². The number of hydrogen-bond donors (Lipinski definition) is 1.